The van der Waals surface area contributed by atoms with E-state index in [1.54, 1.807) is 6.92 Å². The molecule has 1 aliphatic rings. The van der Waals surface area contributed by atoms with Crippen molar-refractivity contribution in [3.05, 3.63) is 4.44 Å². The molecule has 6 heteroatoms. The van der Waals surface area contributed by atoms with Gasteiger partial charge >= 0.3 is 100 Å². The number of aromatic nitrogens is 1. The third-order valence-corrected chi connectivity index (χ3v) is 4.81. The summed E-state index contributed by atoms with van der Waals surface area (Å²) < 4.78 is 6.50. The third kappa shape index (κ3) is 2.23. The molecule has 5 nitrogen and oxygen atoms in total. The van der Waals surface area contributed by atoms with E-state index in [0.29, 0.717) is 16.9 Å². The van der Waals surface area contributed by atoms with E-state index in [1.807, 2.05) is 0 Å². The van der Waals surface area contributed by atoms with Gasteiger partial charge in [0.1, 0.15) is 0 Å². The monoisotopic (exact) mass is 289 g/mol. The van der Waals surface area contributed by atoms with E-state index >= 15 is 0 Å². The number of hydrogen-bond donors (Lipinski definition) is 1. The molecule has 0 spiro atoms. The molecule has 2 N–H and O–H groups in total. The number of carbonyl (C=O) groups is 1. The van der Waals surface area contributed by atoms with Crippen molar-refractivity contribution in [1.29, 1.82) is 0 Å². The van der Waals surface area contributed by atoms with Crippen molar-refractivity contribution in [3.8, 4) is 0 Å². The van der Waals surface area contributed by atoms with Gasteiger partial charge in [0.25, 0.3) is 0 Å². The minimum absolute atomic E-state index is 0.0827. The normalized spacial score (nSPS) is 15.4. The van der Waals surface area contributed by atoms with Gasteiger partial charge in [0.2, 0.25) is 0 Å². The maximum absolute atomic E-state index is 11.6. The van der Waals surface area contributed by atoms with Crippen LogP contribution in [0.5, 0.6) is 0 Å². The maximum atomic E-state index is 11.6. The zero-order chi connectivity index (χ0) is 11.5. The molecule has 2 heterocycles. The molecule has 0 amide bonds. The van der Waals surface area contributed by atoms with Crippen molar-refractivity contribution in [1.82, 2.24) is 4.98 Å². The second-order valence-corrected chi connectivity index (χ2v) is 5.68. The van der Waals surface area contributed by atoms with Gasteiger partial charge in [-0.1, -0.05) is 0 Å². The Balaban J connectivity index is 2.17. The van der Waals surface area contributed by atoms with Gasteiger partial charge in [0.05, 0.1) is 0 Å². The molecular weight excluding hydrogens is 273 g/mol. The number of nitrogens with two attached hydrogens (primary N) is 1. The van der Waals surface area contributed by atoms with Gasteiger partial charge in [-0.3, -0.25) is 0 Å². The van der Waals surface area contributed by atoms with Crippen LogP contribution in [-0.4, -0.2) is 45.2 Å². The number of hydrogen-bond acceptors (Lipinski definition) is 5. The number of nitrogen functional groups attached to an aromatic ring is 1. The van der Waals surface area contributed by atoms with Gasteiger partial charge in [-0.2, -0.15) is 0 Å². The summed E-state index contributed by atoms with van der Waals surface area (Å²) in [4.78, 5) is 18.1. The summed E-state index contributed by atoms with van der Waals surface area (Å²) in [5.41, 5.74) is 5.75. The molecular formula is C10H15N3O2Se. The zero-order valence-electron chi connectivity index (χ0n) is 9.23. The third-order valence-electron chi connectivity index (χ3n) is 2.48. The van der Waals surface area contributed by atoms with Crippen molar-refractivity contribution in [2.45, 2.75) is 19.8 Å². The summed E-state index contributed by atoms with van der Waals surface area (Å²) >= 11 is -0.0827. The van der Waals surface area contributed by atoms with Gasteiger partial charge in [0.15, 0.2) is 0 Å². The first kappa shape index (κ1) is 11.5. The summed E-state index contributed by atoms with van der Waals surface area (Å²) in [6.45, 7) is 4.23. The Hall–Kier alpha value is -1.00. The van der Waals surface area contributed by atoms with E-state index in [1.165, 1.54) is 12.8 Å². The summed E-state index contributed by atoms with van der Waals surface area (Å²) in [5, 5.41) is 0. The Morgan fingerprint density at radius 1 is 1.56 bits per heavy atom. The molecule has 1 saturated heterocycles. The van der Waals surface area contributed by atoms with Gasteiger partial charge in [0, 0.05) is 0 Å². The summed E-state index contributed by atoms with van der Waals surface area (Å²) in [6, 6.07) is 0. The van der Waals surface area contributed by atoms with Crippen LogP contribution in [0.15, 0.2) is 0 Å². The standard InChI is InChI=1S/C10H15N3O2Se/c1-2-15-9(14)7-8(11)12-10(16-7)13-5-3-4-6-13/h2-6,11H2,1H3. The SMILES string of the molecule is CCOC(=O)c1[se]c(N2CCCC2)nc1N. The molecule has 1 aromatic rings. The fraction of sp³-hybridized carbons (Fsp3) is 0.600. The summed E-state index contributed by atoms with van der Waals surface area (Å²) in [7, 11) is 0. The van der Waals surface area contributed by atoms with Crippen LogP contribution in [0, 0.1) is 0 Å². The van der Waals surface area contributed by atoms with Crippen LogP contribution in [0.2, 0.25) is 0 Å². The number of rotatable bonds is 3. The van der Waals surface area contributed by atoms with Crippen LogP contribution in [-0.2, 0) is 4.74 Å². The number of nitrogens with zero attached hydrogens (tertiary/aromatic N) is 2. The van der Waals surface area contributed by atoms with E-state index < -0.39 is 0 Å². The van der Waals surface area contributed by atoms with E-state index in [0.717, 1.165) is 17.8 Å². The summed E-state index contributed by atoms with van der Waals surface area (Å²) in [5.74, 6) is 0.0401. The summed E-state index contributed by atoms with van der Waals surface area (Å²) in [6.07, 6.45) is 2.40. The minimum atomic E-state index is -0.307. The topological polar surface area (TPSA) is 68.5 Å². The van der Waals surface area contributed by atoms with Crippen LogP contribution >= 0.6 is 0 Å². The van der Waals surface area contributed by atoms with Gasteiger partial charge in [-0.25, -0.2) is 0 Å². The Labute approximate surface area is 100 Å². The molecule has 2 rings (SSSR count). The molecule has 0 atom stereocenters. The number of esters is 1. The average Bonchev–Trinajstić information content (AvgIpc) is 2.86. The van der Waals surface area contributed by atoms with Gasteiger partial charge < -0.3 is 0 Å². The van der Waals surface area contributed by atoms with E-state index in [4.69, 9.17) is 10.5 Å². The first-order valence-electron chi connectivity index (χ1n) is 5.40. The van der Waals surface area contributed by atoms with Crippen LogP contribution in [0.3, 0.4) is 0 Å². The first-order chi connectivity index (χ1) is 7.72. The zero-order valence-corrected chi connectivity index (χ0v) is 10.9. The molecule has 0 bridgehead atoms. The van der Waals surface area contributed by atoms with Gasteiger partial charge in [-0.15, -0.1) is 0 Å². The predicted octanol–water partition coefficient (Wildman–Crippen LogP) is 0.498. The van der Waals surface area contributed by atoms with Gasteiger partial charge in [-0.05, 0) is 0 Å². The number of anilines is 2. The Morgan fingerprint density at radius 2 is 2.25 bits per heavy atom. The quantitative estimate of drug-likeness (QED) is 0.648. The average molecular weight is 288 g/mol. The van der Waals surface area contributed by atoms with Crippen molar-refractivity contribution in [3.63, 3.8) is 0 Å². The first-order valence-corrected chi connectivity index (χ1v) is 7.12. The van der Waals surface area contributed by atoms with Crippen molar-refractivity contribution in [2.75, 3.05) is 30.3 Å². The Kier molecular flexibility index (Phi) is 3.51. The van der Waals surface area contributed by atoms with E-state index in [-0.39, 0.29) is 20.5 Å². The van der Waals surface area contributed by atoms with E-state index in [2.05, 4.69) is 9.88 Å². The fourth-order valence-corrected chi connectivity index (χ4v) is 3.66. The Bertz CT molecular complexity index is 385. The van der Waals surface area contributed by atoms with Crippen LogP contribution < -0.4 is 10.6 Å². The van der Waals surface area contributed by atoms with Crippen molar-refractivity contribution < 1.29 is 9.53 Å². The van der Waals surface area contributed by atoms with Crippen molar-refractivity contribution in [2.24, 2.45) is 0 Å². The van der Waals surface area contributed by atoms with Crippen LogP contribution in [0.1, 0.15) is 29.0 Å². The molecule has 1 aliphatic heterocycles. The molecule has 1 fully saturated rings. The number of ether oxygens (including phenoxy) is 1. The molecule has 0 aromatic carbocycles. The predicted molar refractivity (Wildman–Crippen MR) is 63.0 cm³/mol. The van der Waals surface area contributed by atoms with Crippen LogP contribution in [0.25, 0.3) is 0 Å². The van der Waals surface area contributed by atoms with Crippen LogP contribution in [0.4, 0.5) is 10.5 Å². The molecule has 0 radical (unpaired) electrons. The molecule has 0 aliphatic carbocycles. The molecule has 0 unspecified atom stereocenters. The fourth-order valence-electron chi connectivity index (χ4n) is 1.71. The second kappa shape index (κ2) is 4.89. The van der Waals surface area contributed by atoms with Crippen molar-refractivity contribution >= 4 is 31.0 Å². The second-order valence-electron chi connectivity index (χ2n) is 3.63. The molecule has 1 aromatic heterocycles. The molecule has 0 saturated carbocycles. The number of carbonyl (C=O) groups excluding carboxylic acids is 1. The van der Waals surface area contributed by atoms with E-state index in [9.17, 15) is 4.79 Å². The Morgan fingerprint density at radius 3 is 2.88 bits per heavy atom. The molecule has 88 valence electrons. The molecule has 16 heavy (non-hydrogen) atoms.